The summed E-state index contributed by atoms with van der Waals surface area (Å²) >= 11 is 0. The molecule has 1 N–H and O–H groups in total. The molecule has 2 nitrogen and oxygen atoms in total. The molecule has 1 saturated heterocycles. The van der Waals surface area contributed by atoms with Crippen LogP contribution in [0.4, 0.5) is 0 Å². The predicted molar refractivity (Wildman–Crippen MR) is 83.6 cm³/mol. The van der Waals surface area contributed by atoms with E-state index in [9.17, 15) is 0 Å². The van der Waals surface area contributed by atoms with Crippen molar-refractivity contribution in [2.24, 2.45) is 5.41 Å². The lowest BCUT2D eigenvalue weighted by molar-refractivity contribution is 0.0439. The summed E-state index contributed by atoms with van der Waals surface area (Å²) in [4.78, 5) is 2.77. The second-order valence-corrected chi connectivity index (χ2v) is 6.86. The number of piperidine rings is 1. The maximum atomic E-state index is 3.61. The quantitative estimate of drug-likeness (QED) is 0.735. The van der Waals surface area contributed by atoms with Crippen LogP contribution in [0.15, 0.2) is 0 Å². The largest absolute Gasteiger partial charge is 0.315 e. The van der Waals surface area contributed by atoms with Crippen LogP contribution in [-0.4, -0.2) is 37.1 Å². The van der Waals surface area contributed by atoms with E-state index < -0.39 is 0 Å². The summed E-state index contributed by atoms with van der Waals surface area (Å²) in [7, 11) is 0. The molecule has 0 bridgehead atoms. The molecule has 1 aliphatic carbocycles. The van der Waals surface area contributed by atoms with Crippen molar-refractivity contribution in [3.05, 3.63) is 0 Å². The molecule has 2 rings (SSSR count). The lowest BCUT2D eigenvalue weighted by Crippen LogP contribution is -2.49. The third-order valence-electron chi connectivity index (χ3n) is 5.57. The first-order valence-corrected chi connectivity index (χ1v) is 8.74. The van der Waals surface area contributed by atoms with Gasteiger partial charge in [-0.1, -0.05) is 33.1 Å². The van der Waals surface area contributed by atoms with Gasteiger partial charge >= 0.3 is 0 Å². The van der Waals surface area contributed by atoms with Crippen LogP contribution in [0.2, 0.25) is 0 Å². The van der Waals surface area contributed by atoms with Crippen molar-refractivity contribution in [2.45, 2.75) is 77.7 Å². The van der Waals surface area contributed by atoms with Crippen molar-refractivity contribution < 1.29 is 0 Å². The highest BCUT2D eigenvalue weighted by Crippen LogP contribution is 2.44. The molecule has 2 heteroatoms. The molecule has 1 atom stereocenters. The van der Waals surface area contributed by atoms with E-state index in [2.05, 4.69) is 24.1 Å². The van der Waals surface area contributed by atoms with Crippen molar-refractivity contribution >= 4 is 0 Å². The summed E-state index contributed by atoms with van der Waals surface area (Å²) in [6.45, 7) is 9.68. The molecular formula is C17H34N2. The van der Waals surface area contributed by atoms with E-state index in [-0.39, 0.29) is 0 Å². The number of nitrogens with zero attached hydrogens (tertiary/aromatic N) is 1. The average Bonchev–Trinajstić information content (AvgIpc) is 2.46. The molecule has 1 unspecified atom stereocenters. The highest BCUT2D eigenvalue weighted by molar-refractivity contribution is 4.90. The Morgan fingerprint density at radius 3 is 2.26 bits per heavy atom. The molecule has 0 aromatic rings. The van der Waals surface area contributed by atoms with Gasteiger partial charge in [-0.2, -0.15) is 0 Å². The molecule has 0 radical (unpaired) electrons. The Kier molecular flexibility index (Phi) is 6.15. The summed E-state index contributed by atoms with van der Waals surface area (Å²) in [5.41, 5.74) is 0.754. The number of likely N-dealkylation sites (tertiary alicyclic amines) is 1. The normalized spacial score (nSPS) is 25.6. The zero-order valence-electron chi connectivity index (χ0n) is 13.2. The predicted octanol–water partition coefficient (Wildman–Crippen LogP) is 3.81. The van der Waals surface area contributed by atoms with Crippen LogP contribution in [0, 0.1) is 5.41 Å². The van der Waals surface area contributed by atoms with Crippen LogP contribution in [0.1, 0.15) is 71.6 Å². The van der Waals surface area contributed by atoms with Crippen LogP contribution < -0.4 is 5.32 Å². The minimum absolute atomic E-state index is 0.754. The summed E-state index contributed by atoms with van der Waals surface area (Å²) in [6, 6.07) is 0.771. The van der Waals surface area contributed by atoms with Crippen molar-refractivity contribution in [3.8, 4) is 0 Å². The Bertz CT molecular complexity index is 236. The molecule has 1 aliphatic heterocycles. The molecule has 2 fully saturated rings. The lowest BCUT2D eigenvalue weighted by atomic mass is 9.68. The first kappa shape index (κ1) is 15.3. The number of hydrogen-bond acceptors (Lipinski definition) is 2. The first-order valence-electron chi connectivity index (χ1n) is 8.74. The van der Waals surface area contributed by atoms with Crippen molar-refractivity contribution in [3.63, 3.8) is 0 Å². The van der Waals surface area contributed by atoms with Crippen LogP contribution in [-0.2, 0) is 0 Å². The fourth-order valence-corrected chi connectivity index (χ4v) is 4.14. The zero-order chi connectivity index (χ0) is 13.6. The SMILES string of the molecule is CCCNCC(CC)N1CCC2(CCCCC2)CC1. The minimum Gasteiger partial charge on any atom is -0.315 e. The summed E-state index contributed by atoms with van der Waals surface area (Å²) in [5.74, 6) is 0. The van der Waals surface area contributed by atoms with Gasteiger partial charge in [0.15, 0.2) is 0 Å². The molecule has 0 amide bonds. The van der Waals surface area contributed by atoms with Crippen molar-refractivity contribution in [2.75, 3.05) is 26.2 Å². The zero-order valence-corrected chi connectivity index (χ0v) is 13.2. The number of rotatable bonds is 6. The van der Waals surface area contributed by atoms with Gasteiger partial charge in [0.05, 0.1) is 0 Å². The average molecular weight is 266 g/mol. The molecule has 0 aromatic heterocycles. The summed E-state index contributed by atoms with van der Waals surface area (Å²) in [6.07, 6.45) is 13.0. The maximum absolute atomic E-state index is 3.61. The Hall–Kier alpha value is -0.0800. The Morgan fingerprint density at radius 2 is 1.68 bits per heavy atom. The van der Waals surface area contributed by atoms with E-state index in [1.165, 1.54) is 84.0 Å². The van der Waals surface area contributed by atoms with E-state index in [0.29, 0.717) is 0 Å². The third-order valence-corrected chi connectivity index (χ3v) is 5.57. The molecule has 19 heavy (non-hydrogen) atoms. The van der Waals surface area contributed by atoms with E-state index in [1.54, 1.807) is 0 Å². The highest BCUT2D eigenvalue weighted by Gasteiger charge is 2.36. The van der Waals surface area contributed by atoms with E-state index in [4.69, 9.17) is 0 Å². The minimum atomic E-state index is 0.754. The highest BCUT2D eigenvalue weighted by atomic mass is 15.2. The fraction of sp³-hybridized carbons (Fsp3) is 1.00. The van der Waals surface area contributed by atoms with Gasteiger partial charge in [-0.15, -0.1) is 0 Å². The van der Waals surface area contributed by atoms with Crippen LogP contribution in [0.5, 0.6) is 0 Å². The summed E-state index contributed by atoms with van der Waals surface area (Å²) in [5, 5.41) is 3.61. The van der Waals surface area contributed by atoms with Gasteiger partial charge in [0.1, 0.15) is 0 Å². The second-order valence-electron chi connectivity index (χ2n) is 6.86. The number of hydrogen-bond donors (Lipinski definition) is 1. The van der Waals surface area contributed by atoms with Gasteiger partial charge in [0.2, 0.25) is 0 Å². The van der Waals surface area contributed by atoms with E-state index >= 15 is 0 Å². The summed E-state index contributed by atoms with van der Waals surface area (Å²) < 4.78 is 0. The van der Waals surface area contributed by atoms with Gasteiger partial charge in [-0.25, -0.2) is 0 Å². The Labute approximate surface area is 120 Å². The molecule has 1 spiro atoms. The topological polar surface area (TPSA) is 15.3 Å². The van der Waals surface area contributed by atoms with Gasteiger partial charge in [0.25, 0.3) is 0 Å². The molecular weight excluding hydrogens is 232 g/mol. The molecule has 1 heterocycles. The number of nitrogens with one attached hydrogen (secondary N) is 1. The van der Waals surface area contributed by atoms with Crippen LogP contribution in [0.25, 0.3) is 0 Å². The smallest absolute Gasteiger partial charge is 0.0218 e. The second kappa shape index (κ2) is 7.64. The van der Waals surface area contributed by atoms with E-state index in [1.807, 2.05) is 0 Å². The van der Waals surface area contributed by atoms with Crippen molar-refractivity contribution in [1.82, 2.24) is 10.2 Å². The lowest BCUT2D eigenvalue weighted by Gasteiger charge is -2.46. The molecule has 2 aliphatic rings. The maximum Gasteiger partial charge on any atom is 0.0218 e. The molecule has 0 aromatic carbocycles. The van der Waals surface area contributed by atoms with Gasteiger partial charge in [-0.3, -0.25) is 4.90 Å². The Balaban J connectivity index is 1.77. The molecule has 1 saturated carbocycles. The first-order chi connectivity index (χ1) is 9.29. The fourth-order valence-electron chi connectivity index (χ4n) is 4.14. The van der Waals surface area contributed by atoms with Gasteiger partial charge in [-0.05, 0) is 63.6 Å². The molecule has 112 valence electrons. The van der Waals surface area contributed by atoms with Crippen LogP contribution >= 0.6 is 0 Å². The van der Waals surface area contributed by atoms with Crippen molar-refractivity contribution in [1.29, 1.82) is 0 Å². The van der Waals surface area contributed by atoms with E-state index in [0.717, 1.165) is 11.5 Å². The van der Waals surface area contributed by atoms with Gasteiger partial charge < -0.3 is 5.32 Å². The monoisotopic (exact) mass is 266 g/mol. The standard InChI is InChI=1S/C17H34N2/c1-3-12-18-15-16(4-2)19-13-10-17(11-14-19)8-6-5-7-9-17/h16,18H,3-15H2,1-2H3. The Morgan fingerprint density at radius 1 is 1.00 bits per heavy atom. The third kappa shape index (κ3) is 4.19. The van der Waals surface area contributed by atoms with Crippen LogP contribution in [0.3, 0.4) is 0 Å². The van der Waals surface area contributed by atoms with Gasteiger partial charge in [0, 0.05) is 12.6 Å².